The molecule has 4 heteroatoms. The zero-order chi connectivity index (χ0) is 13.9. The molecule has 3 aliphatic rings. The lowest BCUT2D eigenvalue weighted by Crippen LogP contribution is -2.58. The van der Waals surface area contributed by atoms with Gasteiger partial charge in [0.05, 0.1) is 0 Å². The van der Waals surface area contributed by atoms with Gasteiger partial charge in [0.25, 0.3) is 0 Å². The number of nitrogens with zero attached hydrogens (tertiary/aromatic N) is 2. The fourth-order valence-electron chi connectivity index (χ4n) is 4.41. The highest BCUT2D eigenvalue weighted by molar-refractivity contribution is 5.74. The summed E-state index contributed by atoms with van der Waals surface area (Å²) in [7, 11) is 0. The van der Waals surface area contributed by atoms with Crippen LogP contribution in [0.15, 0.2) is 0 Å². The quantitative estimate of drug-likeness (QED) is 0.862. The van der Waals surface area contributed by atoms with E-state index in [9.17, 15) is 4.79 Å². The molecule has 0 spiro atoms. The first kappa shape index (κ1) is 14.2. The fourth-order valence-corrected chi connectivity index (χ4v) is 4.41. The molecule has 3 aliphatic heterocycles. The number of carbonyl (C=O) groups is 1. The SMILES string of the molecule is CCCN1C2CCCC1CC(NC(=O)N1CCCC1)C2. The molecule has 0 aliphatic carbocycles. The maximum Gasteiger partial charge on any atom is 0.317 e. The standard InChI is InChI=1S/C16H29N3O/c1-2-8-19-14-6-5-7-15(19)12-13(11-14)17-16(20)18-9-3-4-10-18/h13-15H,2-12H2,1H3,(H,17,20). The van der Waals surface area contributed by atoms with Gasteiger partial charge in [0, 0.05) is 31.2 Å². The third kappa shape index (κ3) is 2.95. The number of urea groups is 1. The molecule has 1 N–H and O–H groups in total. The molecule has 3 saturated heterocycles. The molecule has 114 valence electrons. The summed E-state index contributed by atoms with van der Waals surface area (Å²) in [5.74, 6) is 0. The van der Waals surface area contributed by atoms with Crippen molar-refractivity contribution >= 4 is 6.03 Å². The van der Waals surface area contributed by atoms with Gasteiger partial charge in [0.1, 0.15) is 0 Å². The van der Waals surface area contributed by atoms with E-state index in [1.807, 2.05) is 4.90 Å². The predicted molar refractivity (Wildman–Crippen MR) is 80.8 cm³/mol. The minimum atomic E-state index is 0.189. The van der Waals surface area contributed by atoms with Crippen LogP contribution >= 0.6 is 0 Å². The largest absolute Gasteiger partial charge is 0.335 e. The van der Waals surface area contributed by atoms with Gasteiger partial charge in [-0.05, 0) is 51.5 Å². The van der Waals surface area contributed by atoms with Gasteiger partial charge in [0.2, 0.25) is 0 Å². The molecule has 3 rings (SSSR count). The fraction of sp³-hybridized carbons (Fsp3) is 0.938. The van der Waals surface area contributed by atoms with Crippen LogP contribution in [0.2, 0.25) is 0 Å². The van der Waals surface area contributed by atoms with E-state index in [0.29, 0.717) is 18.1 Å². The topological polar surface area (TPSA) is 35.6 Å². The number of piperidine rings is 2. The lowest BCUT2D eigenvalue weighted by molar-refractivity contribution is 0.0260. The normalized spacial score (nSPS) is 34.2. The Morgan fingerprint density at radius 1 is 1.10 bits per heavy atom. The Kier molecular flexibility index (Phi) is 4.49. The van der Waals surface area contributed by atoms with Gasteiger partial charge in [-0.15, -0.1) is 0 Å². The predicted octanol–water partition coefficient (Wildman–Crippen LogP) is 2.59. The summed E-state index contributed by atoms with van der Waals surface area (Å²) in [5, 5.41) is 3.31. The highest BCUT2D eigenvalue weighted by atomic mass is 16.2. The summed E-state index contributed by atoms with van der Waals surface area (Å²) in [5.41, 5.74) is 0. The maximum atomic E-state index is 12.2. The molecule has 4 nitrogen and oxygen atoms in total. The number of nitrogens with one attached hydrogen (secondary N) is 1. The summed E-state index contributed by atoms with van der Waals surface area (Å²) < 4.78 is 0. The summed E-state index contributed by atoms with van der Waals surface area (Å²) in [6.07, 6.45) is 9.95. The third-order valence-electron chi connectivity index (χ3n) is 5.33. The first-order valence-electron chi connectivity index (χ1n) is 8.59. The lowest BCUT2D eigenvalue weighted by Gasteiger charge is -2.49. The van der Waals surface area contributed by atoms with Gasteiger partial charge in [-0.1, -0.05) is 13.3 Å². The van der Waals surface area contributed by atoms with Crippen molar-refractivity contribution in [2.45, 2.75) is 76.4 Å². The van der Waals surface area contributed by atoms with Crippen LogP contribution < -0.4 is 5.32 Å². The molecule has 0 radical (unpaired) electrons. The summed E-state index contributed by atoms with van der Waals surface area (Å²) in [6, 6.07) is 2.03. The molecular weight excluding hydrogens is 250 g/mol. The zero-order valence-corrected chi connectivity index (χ0v) is 12.8. The Labute approximate surface area is 122 Å². The van der Waals surface area contributed by atoms with E-state index in [-0.39, 0.29) is 6.03 Å². The molecule has 3 fully saturated rings. The monoisotopic (exact) mass is 279 g/mol. The van der Waals surface area contributed by atoms with E-state index < -0.39 is 0 Å². The van der Waals surface area contributed by atoms with Crippen LogP contribution in [0.25, 0.3) is 0 Å². The number of amides is 2. The van der Waals surface area contributed by atoms with Gasteiger partial charge < -0.3 is 10.2 Å². The first-order valence-corrected chi connectivity index (χ1v) is 8.59. The van der Waals surface area contributed by atoms with E-state index in [4.69, 9.17) is 0 Å². The van der Waals surface area contributed by atoms with Crippen molar-refractivity contribution in [2.24, 2.45) is 0 Å². The van der Waals surface area contributed by atoms with E-state index in [2.05, 4.69) is 17.1 Å². The van der Waals surface area contributed by atoms with Crippen molar-refractivity contribution in [3.63, 3.8) is 0 Å². The number of hydrogen-bond donors (Lipinski definition) is 1. The molecule has 2 bridgehead atoms. The van der Waals surface area contributed by atoms with Crippen molar-refractivity contribution in [1.82, 2.24) is 15.1 Å². The highest BCUT2D eigenvalue weighted by Crippen LogP contribution is 2.34. The number of likely N-dealkylation sites (tertiary alicyclic amines) is 1. The summed E-state index contributed by atoms with van der Waals surface area (Å²) >= 11 is 0. The Morgan fingerprint density at radius 3 is 2.35 bits per heavy atom. The smallest absolute Gasteiger partial charge is 0.317 e. The van der Waals surface area contributed by atoms with Gasteiger partial charge in [-0.25, -0.2) is 4.79 Å². The number of fused-ring (bicyclic) bond motifs is 2. The Hall–Kier alpha value is -0.770. The minimum absolute atomic E-state index is 0.189. The molecule has 0 aromatic heterocycles. The zero-order valence-electron chi connectivity index (χ0n) is 12.8. The van der Waals surface area contributed by atoms with Crippen LogP contribution in [-0.2, 0) is 0 Å². The van der Waals surface area contributed by atoms with Crippen LogP contribution in [0, 0.1) is 0 Å². The summed E-state index contributed by atoms with van der Waals surface area (Å²) in [6.45, 7) is 5.42. The Bertz CT molecular complexity index is 327. The van der Waals surface area contributed by atoms with E-state index >= 15 is 0 Å². The van der Waals surface area contributed by atoms with Crippen molar-refractivity contribution in [3.8, 4) is 0 Å². The summed E-state index contributed by atoms with van der Waals surface area (Å²) in [4.78, 5) is 17.0. The molecular formula is C16H29N3O. The Balaban J connectivity index is 1.56. The van der Waals surface area contributed by atoms with Crippen LogP contribution in [0.3, 0.4) is 0 Å². The van der Waals surface area contributed by atoms with Crippen molar-refractivity contribution in [3.05, 3.63) is 0 Å². The van der Waals surface area contributed by atoms with Gasteiger partial charge in [0.15, 0.2) is 0 Å². The second-order valence-electron chi connectivity index (χ2n) is 6.79. The number of carbonyl (C=O) groups excluding carboxylic acids is 1. The van der Waals surface area contributed by atoms with Gasteiger partial charge in [-0.3, -0.25) is 4.90 Å². The molecule has 0 saturated carbocycles. The molecule has 2 unspecified atom stereocenters. The van der Waals surface area contributed by atoms with Crippen LogP contribution in [0.4, 0.5) is 4.79 Å². The Morgan fingerprint density at radius 2 is 1.75 bits per heavy atom. The second kappa shape index (κ2) is 6.33. The van der Waals surface area contributed by atoms with Crippen molar-refractivity contribution in [1.29, 1.82) is 0 Å². The molecule has 2 amide bonds. The van der Waals surface area contributed by atoms with Crippen LogP contribution in [0.5, 0.6) is 0 Å². The molecule has 3 heterocycles. The molecule has 20 heavy (non-hydrogen) atoms. The van der Waals surface area contributed by atoms with Gasteiger partial charge in [-0.2, -0.15) is 0 Å². The van der Waals surface area contributed by atoms with Crippen LogP contribution in [0.1, 0.15) is 58.3 Å². The molecule has 0 aromatic rings. The minimum Gasteiger partial charge on any atom is -0.335 e. The lowest BCUT2D eigenvalue weighted by atomic mass is 9.81. The second-order valence-corrected chi connectivity index (χ2v) is 6.79. The maximum absolute atomic E-state index is 12.2. The van der Waals surface area contributed by atoms with Crippen LogP contribution in [-0.4, -0.2) is 53.6 Å². The van der Waals surface area contributed by atoms with Crippen molar-refractivity contribution in [2.75, 3.05) is 19.6 Å². The average molecular weight is 279 g/mol. The number of rotatable bonds is 3. The first-order chi connectivity index (χ1) is 9.78. The van der Waals surface area contributed by atoms with E-state index in [1.165, 1.54) is 45.1 Å². The molecule has 0 aromatic carbocycles. The molecule has 2 atom stereocenters. The van der Waals surface area contributed by atoms with Crippen molar-refractivity contribution < 1.29 is 4.79 Å². The number of hydrogen-bond acceptors (Lipinski definition) is 2. The average Bonchev–Trinajstić information content (AvgIpc) is 2.94. The van der Waals surface area contributed by atoms with E-state index in [0.717, 1.165) is 25.9 Å². The third-order valence-corrected chi connectivity index (χ3v) is 5.33. The highest BCUT2D eigenvalue weighted by Gasteiger charge is 2.38. The van der Waals surface area contributed by atoms with E-state index in [1.54, 1.807) is 0 Å². The van der Waals surface area contributed by atoms with Gasteiger partial charge >= 0.3 is 6.03 Å².